The van der Waals surface area contributed by atoms with E-state index in [4.69, 9.17) is 0 Å². The van der Waals surface area contributed by atoms with Crippen molar-refractivity contribution >= 4 is 10.8 Å². The summed E-state index contributed by atoms with van der Waals surface area (Å²) in [5, 5.41) is 2.79. The van der Waals surface area contributed by atoms with Crippen LogP contribution in [-0.2, 0) is 26.2 Å². The van der Waals surface area contributed by atoms with E-state index in [2.05, 4.69) is 77.9 Å². The van der Waals surface area contributed by atoms with Crippen LogP contribution in [0.4, 0.5) is 0 Å². The van der Waals surface area contributed by atoms with Crippen molar-refractivity contribution < 1.29 is 51.0 Å². The first-order valence-electron chi connectivity index (χ1n) is 7.23. The molecule has 3 aromatic rings. The van der Waals surface area contributed by atoms with Crippen molar-refractivity contribution in [2.45, 2.75) is 41.5 Å². The van der Waals surface area contributed by atoms with Crippen molar-refractivity contribution in [2.75, 3.05) is 0 Å². The summed E-state index contributed by atoms with van der Waals surface area (Å²) in [6.45, 7) is 13.0. The van der Waals surface area contributed by atoms with E-state index in [9.17, 15) is 0 Å². The maximum atomic E-state index is 2.24. The van der Waals surface area contributed by atoms with Gasteiger partial charge in [0, 0.05) is 0 Å². The molecule has 0 aliphatic carbocycles. The topological polar surface area (TPSA) is 0 Å². The Balaban J connectivity index is 0. The molecule has 0 radical (unpaired) electrons. The number of hydrogen-bond donors (Lipinski definition) is 0. The monoisotopic (exact) mass is 424 g/mol. The maximum absolute atomic E-state index is 2.24. The Morgan fingerprint density at radius 1 is 0.826 bits per heavy atom. The molecule has 0 saturated carbocycles. The van der Waals surface area contributed by atoms with Crippen LogP contribution in [0.2, 0.25) is 0 Å². The largest absolute Gasteiger partial charge is 4.00 e. The third-order valence-corrected chi connectivity index (χ3v) is 4.43. The summed E-state index contributed by atoms with van der Waals surface area (Å²) >= 11 is 0. The van der Waals surface area contributed by atoms with Crippen LogP contribution in [0.5, 0.6) is 0 Å². The van der Waals surface area contributed by atoms with Crippen molar-refractivity contribution in [1.82, 2.24) is 0 Å². The number of aryl methyl sites for hydroxylation is 4. The van der Waals surface area contributed by atoms with Crippen LogP contribution < -0.4 is 24.8 Å². The van der Waals surface area contributed by atoms with Crippen LogP contribution in [0.1, 0.15) is 33.4 Å². The van der Waals surface area contributed by atoms with Crippen molar-refractivity contribution in [3.63, 3.8) is 0 Å². The Morgan fingerprint density at radius 3 is 1.78 bits per heavy atom. The minimum atomic E-state index is 0. The van der Waals surface area contributed by atoms with Crippen LogP contribution in [0.15, 0.2) is 36.4 Å². The third kappa shape index (κ3) is 5.59. The zero-order valence-corrected chi connectivity index (χ0v) is 18.7. The van der Waals surface area contributed by atoms with Crippen LogP contribution in [-0.4, -0.2) is 0 Å². The molecule has 0 aliphatic heterocycles. The smallest absolute Gasteiger partial charge is 1.00 e. The van der Waals surface area contributed by atoms with Crippen molar-refractivity contribution in [3.8, 4) is 0 Å². The van der Waals surface area contributed by atoms with Gasteiger partial charge in [0.25, 0.3) is 0 Å². The van der Waals surface area contributed by atoms with E-state index in [0.29, 0.717) is 0 Å². The molecule has 0 atom stereocenters. The summed E-state index contributed by atoms with van der Waals surface area (Å²) in [6, 6.07) is 13.1. The average molecular weight is 427 g/mol. The van der Waals surface area contributed by atoms with E-state index in [1.165, 1.54) is 44.2 Å². The Morgan fingerprint density at radius 2 is 1.39 bits per heavy atom. The molecule has 0 aliphatic rings. The molecule has 23 heavy (non-hydrogen) atoms. The minimum Gasteiger partial charge on any atom is -1.00 e. The van der Waals surface area contributed by atoms with Gasteiger partial charge in [-0.25, -0.2) is 0 Å². The molecule has 0 unspecified atom stereocenters. The predicted octanol–water partition coefficient (Wildman–Crippen LogP) is -0.180. The van der Waals surface area contributed by atoms with Crippen molar-refractivity contribution in [1.29, 1.82) is 0 Å². The fraction of sp³-hybridized carbons (Fsp3) is 0.300. The van der Waals surface area contributed by atoms with Crippen molar-refractivity contribution in [2.24, 2.45) is 0 Å². The van der Waals surface area contributed by atoms with Gasteiger partial charge in [0.05, 0.1) is 0 Å². The number of fused-ring (bicyclic) bond motifs is 1. The van der Waals surface area contributed by atoms with Gasteiger partial charge in [0.1, 0.15) is 0 Å². The van der Waals surface area contributed by atoms with Crippen molar-refractivity contribution in [3.05, 3.63) is 69.8 Å². The van der Waals surface area contributed by atoms with E-state index in [1.807, 2.05) is 0 Å². The molecule has 0 aromatic heterocycles. The van der Waals surface area contributed by atoms with Gasteiger partial charge in [0.15, 0.2) is 0 Å². The summed E-state index contributed by atoms with van der Waals surface area (Å²) in [7, 11) is 0. The van der Waals surface area contributed by atoms with Crippen LogP contribution >= 0.6 is 0 Å². The minimum absolute atomic E-state index is 0. The zero-order valence-electron chi connectivity index (χ0n) is 14.7. The van der Waals surface area contributed by atoms with Gasteiger partial charge in [-0.15, -0.1) is 28.5 Å². The second kappa shape index (κ2) is 10.5. The molecule has 0 amide bonds. The van der Waals surface area contributed by atoms with Gasteiger partial charge >= 0.3 is 26.2 Å². The summed E-state index contributed by atoms with van der Waals surface area (Å²) < 4.78 is 0. The van der Waals surface area contributed by atoms with Gasteiger partial charge in [-0.05, 0) is 6.92 Å². The van der Waals surface area contributed by atoms with E-state index < -0.39 is 0 Å². The Kier molecular flexibility index (Phi) is 11.4. The van der Waals surface area contributed by atoms with Gasteiger partial charge < -0.3 is 24.8 Å². The van der Waals surface area contributed by atoms with Gasteiger partial charge in [0.2, 0.25) is 0 Å². The first-order valence-corrected chi connectivity index (χ1v) is 7.23. The van der Waals surface area contributed by atoms with Gasteiger partial charge in [-0.1, -0.05) is 46.2 Å². The fourth-order valence-electron chi connectivity index (χ4n) is 2.67. The third-order valence-electron chi connectivity index (χ3n) is 4.43. The van der Waals surface area contributed by atoms with E-state index in [-0.39, 0.29) is 51.0 Å². The molecular weight excluding hydrogens is 402 g/mol. The standard InChI is InChI=1S/C11H11.C9H13.2ClH.Zr/c1-8-6-7-9(2)11-5-3-4-10(8)11;1-6-5-7(2)9(4)8(6)3;;;/h3-7H,1-2H3;5H,1-4H3;2*1H;/q2*-1;;;+4/p-2. The Hall–Kier alpha value is -0.357. The zero-order chi connectivity index (χ0) is 14.9. The summed E-state index contributed by atoms with van der Waals surface area (Å²) in [6.07, 6.45) is 0. The van der Waals surface area contributed by atoms with Gasteiger partial charge in [-0.2, -0.15) is 40.5 Å². The molecule has 0 bridgehead atoms. The summed E-state index contributed by atoms with van der Waals surface area (Å²) in [5.74, 6) is 0. The summed E-state index contributed by atoms with van der Waals surface area (Å²) in [5.41, 5.74) is 8.49. The second-order valence-corrected chi connectivity index (χ2v) is 5.81. The molecule has 122 valence electrons. The second-order valence-electron chi connectivity index (χ2n) is 5.81. The molecule has 0 fully saturated rings. The first-order chi connectivity index (χ1) is 9.41. The fourth-order valence-corrected chi connectivity index (χ4v) is 2.67. The van der Waals surface area contributed by atoms with Crippen LogP contribution in [0.3, 0.4) is 0 Å². The van der Waals surface area contributed by atoms with Crippen LogP contribution in [0.25, 0.3) is 10.8 Å². The van der Waals surface area contributed by atoms with E-state index in [1.54, 1.807) is 0 Å². The van der Waals surface area contributed by atoms with Gasteiger partial charge in [-0.3, -0.25) is 0 Å². The predicted molar refractivity (Wildman–Crippen MR) is 90.0 cm³/mol. The van der Waals surface area contributed by atoms with E-state index in [0.717, 1.165) is 0 Å². The SMILES string of the molecule is Cc1c[c-](C)c(C)c1C.Cc1ccc(C)c2[cH-]ccc12.[Cl-].[Cl-].[Zr+4]. The number of hydrogen-bond acceptors (Lipinski definition) is 0. The molecule has 0 spiro atoms. The maximum Gasteiger partial charge on any atom is 4.00 e. The normalized spacial score (nSPS) is 9.13. The Bertz CT molecular complexity index is 677. The average Bonchev–Trinajstić information content (AvgIpc) is 2.99. The number of rotatable bonds is 0. The first kappa shape index (κ1) is 24.9. The molecule has 3 heteroatoms. The quantitative estimate of drug-likeness (QED) is 0.438. The summed E-state index contributed by atoms with van der Waals surface area (Å²) in [4.78, 5) is 0. The number of halogens is 2. The molecular formula is C20H24Cl2Zr. The molecule has 0 N–H and O–H groups in total. The molecule has 0 heterocycles. The molecule has 3 rings (SSSR count). The molecule has 3 aromatic carbocycles. The van der Waals surface area contributed by atoms with Crippen LogP contribution in [0, 0.1) is 41.5 Å². The molecule has 0 nitrogen and oxygen atoms in total. The number of benzene rings is 1. The Labute approximate surface area is 172 Å². The molecule has 0 saturated heterocycles. The van der Waals surface area contributed by atoms with E-state index >= 15 is 0 Å².